The maximum absolute atomic E-state index is 11.8. The Morgan fingerprint density at radius 3 is 2.52 bits per heavy atom. The lowest BCUT2D eigenvalue weighted by Gasteiger charge is -2.23. The highest BCUT2D eigenvalue weighted by Crippen LogP contribution is 2.05. The second kappa shape index (κ2) is 7.67. The lowest BCUT2D eigenvalue weighted by molar-refractivity contribution is 0.0955. The van der Waals surface area contributed by atoms with Crippen molar-refractivity contribution in [2.75, 3.05) is 13.6 Å². The van der Waals surface area contributed by atoms with Crippen molar-refractivity contribution in [2.45, 2.75) is 39.8 Å². The summed E-state index contributed by atoms with van der Waals surface area (Å²) in [6, 6.07) is 7.58. The van der Waals surface area contributed by atoms with Crippen LogP contribution < -0.4 is 16.0 Å². The molecule has 5 heteroatoms. The van der Waals surface area contributed by atoms with E-state index in [0.717, 1.165) is 11.5 Å². The Hall–Kier alpha value is -2.04. The van der Waals surface area contributed by atoms with Crippen LogP contribution in [0.15, 0.2) is 29.3 Å². The molecule has 1 aromatic carbocycles. The largest absolute Gasteiger partial charge is 0.352 e. The summed E-state index contributed by atoms with van der Waals surface area (Å²) in [5.41, 5.74) is 1.66. The van der Waals surface area contributed by atoms with Crippen molar-refractivity contribution in [3.05, 3.63) is 35.4 Å². The highest BCUT2D eigenvalue weighted by atomic mass is 16.1. The van der Waals surface area contributed by atoms with Gasteiger partial charge in [-0.05, 0) is 45.4 Å². The number of aliphatic imine (C=N–C) groups is 1. The maximum atomic E-state index is 11.8. The van der Waals surface area contributed by atoms with Crippen LogP contribution >= 0.6 is 0 Å². The van der Waals surface area contributed by atoms with E-state index in [9.17, 15) is 4.79 Å². The number of hydrogen-bond donors (Lipinski definition) is 3. The molecular weight excluding hydrogens is 264 g/mol. The quantitative estimate of drug-likeness (QED) is 0.586. The van der Waals surface area contributed by atoms with Gasteiger partial charge in [0, 0.05) is 31.2 Å². The van der Waals surface area contributed by atoms with Crippen LogP contribution in [0.25, 0.3) is 0 Å². The molecule has 0 aliphatic rings. The van der Waals surface area contributed by atoms with Crippen LogP contribution in [0.3, 0.4) is 0 Å². The Labute approximate surface area is 127 Å². The van der Waals surface area contributed by atoms with Gasteiger partial charge in [-0.15, -0.1) is 0 Å². The van der Waals surface area contributed by atoms with Crippen molar-refractivity contribution in [1.29, 1.82) is 0 Å². The van der Waals surface area contributed by atoms with Crippen LogP contribution in [-0.2, 0) is 6.54 Å². The fourth-order valence-electron chi connectivity index (χ4n) is 1.81. The fourth-order valence-corrected chi connectivity index (χ4v) is 1.81. The summed E-state index contributed by atoms with van der Waals surface area (Å²) in [5.74, 6) is 0.697. The van der Waals surface area contributed by atoms with Gasteiger partial charge in [-0.25, -0.2) is 0 Å². The topological polar surface area (TPSA) is 65.5 Å². The number of carbonyl (C=O) groups is 1. The van der Waals surface area contributed by atoms with Gasteiger partial charge in [-0.2, -0.15) is 0 Å². The van der Waals surface area contributed by atoms with Crippen molar-refractivity contribution in [3.63, 3.8) is 0 Å². The van der Waals surface area contributed by atoms with Crippen molar-refractivity contribution >= 4 is 11.9 Å². The van der Waals surface area contributed by atoms with Gasteiger partial charge in [0.05, 0.1) is 0 Å². The molecule has 0 aromatic heterocycles. The smallest absolute Gasteiger partial charge is 0.251 e. The first-order valence-corrected chi connectivity index (χ1v) is 7.21. The molecule has 0 fully saturated rings. The normalized spacial score (nSPS) is 12.0. The van der Waals surface area contributed by atoms with E-state index in [4.69, 9.17) is 0 Å². The Morgan fingerprint density at radius 2 is 1.95 bits per heavy atom. The third-order valence-corrected chi connectivity index (χ3v) is 2.70. The number of carbonyl (C=O) groups excluding carboxylic acids is 1. The molecule has 116 valence electrons. The average molecular weight is 290 g/mol. The highest BCUT2D eigenvalue weighted by molar-refractivity contribution is 5.94. The van der Waals surface area contributed by atoms with E-state index in [1.807, 2.05) is 31.2 Å². The fraction of sp³-hybridized carbons (Fsp3) is 0.500. The van der Waals surface area contributed by atoms with E-state index in [-0.39, 0.29) is 11.4 Å². The molecular formula is C16H26N4O. The molecule has 21 heavy (non-hydrogen) atoms. The van der Waals surface area contributed by atoms with E-state index in [2.05, 4.69) is 41.7 Å². The van der Waals surface area contributed by atoms with Crippen LogP contribution in [0.2, 0.25) is 0 Å². The van der Waals surface area contributed by atoms with Gasteiger partial charge >= 0.3 is 0 Å². The number of nitrogens with zero attached hydrogens (tertiary/aromatic N) is 1. The summed E-state index contributed by atoms with van der Waals surface area (Å²) in [6.45, 7) is 9.39. The van der Waals surface area contributed by atoms with Crippen LogP contribution in [0.5, 0.6) is 0 Å². The number of nitrogens with one attached hydrogen (secondary N) is 3. The monoisotopic (exact) mass is 290 g/mol. The zero-order valence-electron chi connectivity index (χ0n) is 13.6. The Bertz CT molecular complexity index is 503. The molecule has 1 aromatic rings. The van der Waals surface area contributed by atoms with Gasteiger partial charge in [0.15, 0.2) is 5.96 Å². The molecule has 0 unspecified atom stereocenters. The molecule has 0 aliphatic heterocycles. The van der Waals surface area contributed by atoms with E-state index in [0.29, 0.717) is 18.7 Å². The summed E-state index contributed by atoms with van der Waals surface area (Å²) >= 11 is 0. The zero-order chi connectivity index (χ0) is 15.9. The van der Waals surface area contributed by atoms with Crippen molar-refractivity contribution in [3.8, 4) is 0 Å². The van der Waals surface area contributed by atoms with Gasteiger partial charge in [0.25, 0.3) is 5.91 Å². The average Bonchev–Trinajstić information content (AvgIpc) is 2.43. The molecule has 3 N–H and O–H groups in total. The van der Waals surface area contributed by atoms with E-state index in [1.165, 1.54) is 0 Å². The third kappa shape index (κ3) is 6.29. The number of benzene rings is 1. The summed E-state index contributed by atoms with van der Waals surface area (Å²) in [4.78, 5) is 16.0. The number of hydrogen-bond acceptors (Lipinski definition) is 2. The SMILES string of the molecule is CCNC(=O)c1cccc(CNC(=NC)NC(C)(C)C)c1. The van der Waals surface area contributed by atoms with Crippen LogP contribution in [-0.4, -0.2) is 31.0 Å². The molecule has 0 radical (unpaired) electrons. The first-order chi connectivity index (χ1) is 9.85. The molecule has 1 rings (SSSR count). The van der Waals surface area contributed by atoms with Crippen molar-refractivity contribution in [1.82, 2.24) is 16.0 Å². The minimum Gasteiger partial charge on any atom is -0.352 e. The van der Waals surface area contributed by atoms with Gasteiger partial charge in [0.1, 0.15) is 0 Å². The molecule has 0 saturated carbocycles. The minimum atomic E-state index is -0.0509. The summed E-state index contributed by atoms with van der Waals surface area (Å²) < 4.78 is 0. The first-order valence-electron chi connectivity index (χ1n) is 7.21. The number of rotatable bonds is 4. The highest BCUT2D eigenvalue weighted by Gasteiger charge is 2.11. The molecule has 0 atom stereocenters. The van der Waals surface area contributed by atoms with E-state index < -0.39 is 0 Å². The van der Waals surface area contributed by atoms with Crippen LogP contribution in [0.4, 0.5) is 0 Å². The molecule has 0 spiro atoms. The zero-order valence-corrected chi connectivity index (χ0v) is 13.6. The third-order valence-electron chi connectivity index (χ3n) is 2.70. The van der Waals surface area contributed by atoms with E-state index in [1.54, 1.807) is 7.05 Å². The summed E-state index contributed by atoms with van der Waals surface area (Å²) in [5, 5.41) is 9.34. The standard InChI is InChI=1S/C16H26N4O/c1-6-18-14(21)13-9-7-8-12(10-13)11-19-15(17-5)20-16(2,3)4/h7-10H,6,11H2,1-5H3,(H,18,21)(H2,17,19,20). The first kappa shape index (κ1) is 17.0. The maximum Gasteiger partial charge on any atom is 0.251 e. The van der Waals surface area contributed by atoms with Crippen LogP contribution in [0, 0.1) is 0 Å². The Balaban J connectivity index is 2.67. The lowest BCUT2D eigenvalue weighted by atomic mass is 10.1. The Kier molecular flexibility index (Phi) is 6.21. The molecule has 0 saturated heterocycles. The predicted molar refractivity (Wildman–Crippen MR) is 87.5 cm³/mol. The van der Waals surface area contributed by atoms with Crippen molar-refractivity contribution in [2.24, 2.45) is 4.99 Å². The number of guanidine groups is 1. The minimum absolute atomic E-state index is 0.0449. The predicted octanol–water partition coefficient (Wildman–Crippen LogP) is 1.90. The molecule has 0 bridgehead atoms. The Morgan fingerprint density at radius 1 is 1.24 bits per heavy atom. The number of amides is 1. The molecule has 0 aliphatic carbocycles. The van der Waals surface area contributed by atoms with Gasteiger partial charge in [-0.3, -0.25) is 9.79 Å². The van der Waals surface area contributed by atoms with Crippen molar-refractivity contribution < 1.29 is 4.79 Å². The summed E-state index contributed by atoms with van der Waals surface area (Å²) in [6.07, 6.45) is 0. The van der Waals surface area contributed by atoms with Gasteiger partial charge < -0.3 is 16.0 Å². The molecule has 0 heterocycles. The van der Waals surface area contributed by atoms with Crippen LogP contribution in [0.1, 0.15) is 43.6 Å². The van der Waals surface area contributed by atoms with Gasteiger partial charge in [0.2, 0.25) is 0 Å². The molecule has 1 amide bonds. The summed E-state index contributed by atoms with van der Waals surface area (Å²) in [7, 11) is 1.74. The second-order valence-corrected chi connectivity index (χ2v) is 5.86. The lowest BCUT2D eigenvalue weighted by Crippen LogP contribution is -2.47. The van der Waals surface area contributed by atoms with Gasteiger partial charge in [-0.1, -0.05) is 12.1 Å². The van der Waals surface area contributed by atoms with E-state index >= 15 is 0 Å². The molecule has 5 nitrogen and oxygen atoms in total. The second-order valence-electron chi connectivity index (χ2n) is 5.86.